The van der Waals surface area contributed by atoms with Crippen LogP contribution >= 0.6 is 0 Å². The molecule has 0 aromatic carbocycles. The van der Waals surface area contributed by atoms with Gasteiger partial charge < -0.3 is 15.2 Å². The molecule has 0 spiro atoms. The molecule has 0 saturated heterocycles. The Hall–Kier alpha value is -2.11. The van der Waals surface area contributed by atoms with Crippen molar-refractivity contribution in [1.29, 1.82) is 0 Å². The Kier molecular flexibility index (Phi) is 4.11. The van der Waals surface area contributed by atoms with Crippen LogP contribution in [-0.2, 0) is 13.0 Å². The third kappa shape index (κ3) is 2.77. The minimum atomic E-state index is 0.566. The zero-order valence-corrected chi connectivity index (χ0v) is 10.6. The summed E-state index contributed by atoms with van der Waals surface area (Å²) >= 11 is 0. The predicted octanol–water partition coefficient (Wildman–Crippen LogP) is 2.07. The summed E-state index contributed by atoms with van der Waals surface area (Å²) in [5, 5.41) is 10.0. The van der Waals surface area contributed by atoms with E-state index in [9.17, 15) is 0 Å². The monoisotopic (exact) mass is 247 g/mol. The van der Waals surface area contributed by atoms with E-state index in [-0.39, 0.29) is 0 Å². The molecule has 0 amide bonds. The third-order valence-corrected chi connectivity index (χ3v) is 2.60. The molecule has 0 saturated carbocycles. The number of aromatic nitrogens is 3. The van der Waals surface area contributed by atoms with E-state index in [1.165, 1.54) is 0 Å². The summed E-state index contributed by atoms with van der Waals surface area (Å²) in [6.07, 6.45) is 5.14. The lowest BCUT2D eigenvalue weighted by molar-refractivity contribution is 0.388. The molecule has 96 valence electrons. The van der Waals surface area contributed by atoms with E-state index in [1.807, 2.05) is 13.1 Å². The molecule has 2 rings (SSSR count). The van der Waals surface area contributed by atoms with Crippen molar-refractivity contribution in [3.05, 3.63) is 29.9 Å². The molecule has 0 unspecified atom stereocenters. The van der Waals surface area contributed by atoms with E-state index in [2.05, 4.69) is 32.7 Å². The molecule has 2 aromatic rings. The fourth-order valence-corrected chi connectivity index (χ4v) is 1.77. The highest BCUT2D eigenvalue weighted by molar-refractivity contribution is 5.57. The van der Waals surface area contributed by atoms with Gasteiger partial charge in [0.15, 0.2) is 5.76 Å². The predicted molar refractivity (Wildman–Crippen MR) is 69.4 cm³/mol. The normalized spacial score (nSPS) is 10.3. The summed E-state index contributed by atoms with van der Waals surface area (Å²) in [6.45, 7) is 2.70. The average Bonchev–Trinajstić information content (AvgIpc) is 2.91. The lowest BCUT2D eigenvalue weighted by Gasteiger charge is -2.12. The molecule has 6 nitrogen and oxygen atoms in total. The summed E-state index contributed by atoms with van der Waals surface area (Å²) < 4.78 is 5.04. The fourth-order valence-electron chi connectivity index (χ4n) is 1.77. The van der Waals surface area contributed by atoms with Crippen LogP contribution in [0.2, 0.25) is 0 Å². The van der Waals surface area contributed by atoms with E-state index in [1.54, 1.807) is 12.5 Å². The summed E-state index contributed by atoms with van der Waals surface area (Å²) in [7, 11) is 1.86. The Morgan fingerprint density at radius 3 is 2.78 bits per heavy atom. The summed E-state index contributed by atoms with van der Waals surface area (Å²) in [5.41, 5.74) is 1.10. The molecule has 2 aromatic heterocycles. The standard InChI is InChI=1S/C12H17N5O/c1-3-4-10-11(13-2)15-8-16-12(10)14-7-9-5-6-17-18-9/h5-6,8H,3-4,7H2,1-2H3,(H2,13,14,15,16). The number of rotatable bonds is 6. The Labute approximate surface area is 106 Å². The van der Waals surface area contributed by atoms with Gasteiger partial charge in [0, 0.05) is 18.7 Å². The van der Waals surface area contributed by atoms with Crippen LogP contribution in [0.25, 0.3) is 0 Å². The van der Waals surface area contributed by atoms with E-state index in [0.29, 0.717) is 6.54 Å². The maximum Gasteiger partial charge on any atom is 0.155 e. The highest BCUT2D eigenvalue weighted by Gasteiger charge is 2.09. The summed E-state index contributed by atoms with van der Waals surface area (Å²) in [4.78, 5) is 8.50. The maximum atomic E-state index is 5.04. The van der Waals surface area contributed by atoms with Crippen LogP contribution in [0.15, 0.2) is 23.1 Å². The number of nitrogens with one attached hydrogen (secondary N) is 2. The van der Waals surface area contributed by atoms with Gasteiger partial charge in [0.25, 0.3) is 0 Å². The van der Waals surface area contributed by atoms with Gasteiger partial charge in [-0.15, -0.1) is 0 Å². The minimum Gasteiger partial charge on any atom is -0.373 e. The van der Waals surface area contributed by atoms with Crippen molar-refractivity contribution in [2.45, 2.75) is 26.3 Å². The number of anilines is 2. The van der Waals surface area contributed by atoms with E-state index >= 15 is 0 Å². The number of hydrogen-bond acceptors (Lipinski definition) is 6. The highest BCUT2D eigenvalue weighted by atomic mass is 16.5. The van der Waals surface area contributed by atoms with Gasteiger partial charge in [0.1, 0.15) is 18.0 Å². The first-order valence-corrected chi connectivity index (χ1v) is 6.00. The molecule has 0 fully saturated rings. The van der Waals surface area contributed by atoms with Crippen molar-refractivity contribution < 1.29 is 4.52 Å². The second-order valence-corrected chi connectivity index (χ2v) is 3.88. The Morgan fingerprint density at radius 2 is 2.11 bits per heavy atom. The molecule has 0 radical (unpaired) electrons. The van der Waals surface area contributed by atoms with Crippen LogP contribution in [0.4, 0.5) is 11.6 Å². The molecule has 0 aliphatic heterocycles. The van der Waals surface area contributed by atoms with Gasteiger partial charge >= 0.3 is 0 Å². The van der Waals surface area contributed by atoms with E-state index in [0.717, 1.165) is 35.8 Å². The van der Waals surface area contributed by atoms with Crippen LogP contribution in [0.5, 0.6) is 0 Å². The highest BCUT2D eigenvalue weighted by Crippen LogP contribution is 2.21. The summed E-state index contributed by atoms with van der Waals surface area (Å²) in [5.74, 6) is 2.49. The lowest BCUT2D eigenvalue weighted by atomic mass is 10.1. The minimum absolute atomic E-state index is 0.566. The van der Waals surface area contributed by atoms with Crippen molar-refractivity contribution in [1.82, 2.24) is 15.1 Å². The largest absolute Gasteiger partial charge is 0.373 e. The Balaban J connectivity index is 2.15. The smallest absolute Gasteiger partial charge is 0.155 e. The van der Waals surface area contributed by atoms with Crippen LogP contribution in [-0.4, -0.2) is 22.2 Å². The van der Waals surface area contributed by atoms with E-state index < -0.39 is 0 Å². The molecule has 0 atom stereocenters. The van der Waals surface area contributed by atoms with Gasteiger partial charge in [-0.3, -0.25) is 0 Å². The van der Waals surface area contributed by atoms with Crippen molar-refractivity contribution in [3.63, 3.8) is 0 Å². The second-order valence-electron chi connectivity index (χ2n) is 3.88. The van der Waals surface area contributed by atoms with Crippen LogP contribution in [0.3, 0.4) is 0 Å². The fraction of sp³-hybridized carbons (Fsp3) is 0.417. The third-order valence-electron chi connectivity index (χ3n) is 2.60. The molecule has 2 N–H and O–H groups in total. The molecule has 0 bridgehead atoms. The van der Waals surface area contributed by atoms with Gasteiger partial charge in [-0.1, -0.05) is 18.5 Å². The molecule has 6 heteroatoms. The Bertz CT molecular complexity index is 483. The van der Waals surface area contributed by atoms with Crippen LogP contribution in [0, 0.1) is 0 Å². The zero-order chi connectivity index (χ0) is 12.8. The van der Waals surface area contributed by atoms with Gasteiger partial charge in [0.2, 0.25) is 0 Å². The molecule has 18 heavy (non-hydrogen) atoms. The van der Waals surface area contributed by atoms with Gasteiger partial charge in [-0.05, 0) is 6.42 Å². The van der Waals surface area contributed by atoms with Crippen molar-refractivity contribution in [3.8, 4) is 0 Å². The van der Waals surface area contributed by atoms with Gasteiger partial charge in [-0.2, -0.15) is 0 Å². The van der Waals surface area contributed by atoms with Crippen molar-refractivity contribution in [2.75, 3.05) is 17.7 Å². The first kappa shape index (κ1) is 12.3. The summed E-state index contributed by atoms with van der Waals surface area (Å²) in [6, 6.07) is 1.83. The van der Waals surface area contributed by atoms with Crippen LogP contribution in [0.1, 0.15) is 24.7 Å². The molecule has 2 heterocycles. The second kappa shape index (κ2) is 6.00. The Morgan fingerprint density at radius 1 is 1.28 bits per heavy atom. The lowest BCUT2D eigenvalue weighted by Crippen LogP contribution is -2.08. The topological polar surface area (TPSA) is 75.9 Å². The number of nitrogens with zero attached hydrogens (tertiary/aromatic N) is 3. The zero-order valence-electron chi connectivity index (χ0n) is 10.6. The van der Waals surface area contributed by atoms with E-state index in [4.69, 9.17) is 4.52 Å². The van der Waals surface area contributed by atoms with Crippen LogP contribution < -0.4 is 10.6 Å². The molecular formula is C12H17N5O. The first-order valence-electron chi connectivity index (χ1n) is 6.00. The van der Waals surface area contributed by atoms with Crippen molar-refractivity contribution in [2.24, 2.45) is 0 Å². The molecular weight excluding hydrogens is 230 g/mol. The van der Waals surface area contributed by atoms with Gasteiger partial charge in [-0.25, -0.2) is 9.97 Å². The maximum absolute atomic E-state index is 5.04. The number of hydrogen-bond donors (Lipinski definition) is 2. The first-order chi connectivity index (χ1) is 8.85. The quantitative estimate of drug-likeness (QED) is 0.813. The average molecular weight is 247 g/mol. The molecule has 0 aliphatic carbocycles. The molecule has 0 aliphatic rings. The van der Waals surface area contributed by atoms with Gasteiger partial charge in [0.05, 0.1) is 12.7 Å². The SMILES string of the molecule is CCCc1c(NC)ncnc1NCc1ccno1. The van der Waals surface area contributed by atoms with Crippen molar-refractivity contribution >= 4 is 11.6 Å².